The number of hydrogen-bond acceptors (Lipinski definition) is 4. The monoisotopic (exact) mass is 342 g/mol. The highest BCUT2D eigenvalue weighted by atomic mass is 35.5. The van der Waals surface area contributed by atoms with Crippen LogP contribution in [0.3, 0.4) is 0 Å². The molecule has 0 aliphatic heterocycles. The number of benzene rings is 1. The number of pyridine rings is 1. The highest BCUT2D eigenvalue weighted by molar-refractivity contribution is 6.30. The van der Waals surface area contributed by atoms with Gasteiger partial charge in [-0.1, -0.05) is 23.7 Å². The summed E-state index contributed by atoms with van der Waals surface area (Å²) in [5.41, 5.74) is 4.37. The summed E-state index contributed by atoms with van der Waals surface area (Å²) >= 11 is 6.13. The zero-order valence-corrected chi connectivity index (χ0v) is 14.7. The molecule has 2 heterocycles. The minimum absolute atomic E-state index is 0.322. The predicted octanol–water partition coefficient (Wildman–Crippen LogP) is 4.09. The van der Waals surface area contributed by atoms with Crippen molar-refractivity contribution in [1.29, 1.82) is 0 Å². The van der Waals surface area contributed by atoms with Crippen LogP contribution in [0.2, 0.25) is 5.15 Å². The van der Waals surface area contributed by atoms with E-state index in [1.54, 1.807) is 12.3 Å². The molecule has 0 aliphatic carbocycles. The van der Waals surface area contributed by atoms with Crippen LogP contribution in [0.5, 0.6) is 0 Å². The zero-order chi connectivity index (χ0) is 17.3. The predicted molar refractivity (Wildman–Crippen MR) is 96.4 cm³/mol. The van der Waals surface area contributed by atoms with Crippen molar-refractivity contribution in [3.8, 4) is 0 Å². The molecule has 0 spiro atoms. The Labute approximate surface area is 145 Å². The molecule has 2 aromatic heterocycles. The van der Waals surface area contributed by atoms with E-state index in [2.05, 4.69) is 16.0 Å². The molecule has 0 bridgehead atoms. The maximum Gasteiger partial charge on any atom is 0.336 e. The van der Waals surface area contributed by atoms with Gasteiger partial charge in [-0.05, 0) is 49.7 Å². The summed E-state index contributed by atoms with van der Waals surface area (Å²) in [6, 6.07) is 9.48. The Morgan fingerprint density at radius 1 is 1.17 bits per heavy atom. The van der Waals surface area contributed by atoms with E-state index in [9.17, 15) is 4.79 Å². The van der Waals surface area contributed by atoms with E-state index in [0.29, 0.717) is 23.8 Å². The quantitative estimate of drug-likeness (QED) is 0.529. The van der Waals surface area contributed by atoms with Crippen LogP contribution in [0.4, 0.5) is 0 Å². The lowest BCUT2D eigenvalue weighted by molar-refractivity contribution is 0.319. The third-order valence-corrected chi connectivity index (χ3v) is 4.32. The van der Waals surface area contributed by atoms with Gasteiger partial charge in [-0.3, -0.25) is 4.90 Å². The van der Waals surface area contributed by atoms with Gasteiger partial charge < -0.3 is 4.42 Å². The Balaban J connectivity index is 1.95. The summed E-state index contributed by atoms with van der Waals surface area (Å²) < 4.78 is 5.40. The number of rotatable bonds is 4. The van der Waals surface area contributed by atoms with E-state index < -0.39 is 0 Å². The number of aromatic nitrogens is 1. The number of fused-ring (bicyclic) bond motifs is 1. The van der Waals surface area contributed by atoms with Crippen molar-refractivity contribution >= 4 is 22.6 Å². The molecule has 124 valence electrons. The van der Waals surface area contributed by atoms with E-state index >= 15 is 0 Å². The first-order valence-electron chi connectivity index (χ1n) is 7.76. The molecule has 0 unspecified atom stereocenters. The molecule has 4 nitrogen and oxygen atoms in total. The van der Waals surface area contributed by atoms with Crippen LogP contribution in [0, 0.1) is 13.8 Å². The molecular formula is C19H19ClN2O2. The van der Waals surface area contributed by atoms with Gasteiger partial charge in [0.05, 0.1) is 0 Å². The molecule has 0 atom stereocenters. The first-order chi connectivity index (χ1) is 11.4. The van der Waals surface area contributed by atoms with Crippen molar-refractivity contribution in [2.75, 3.05) is 7.05 Å². The number of halogens is 1. The van der Waals surface area contributed by atoms with Gasteiger partial charge in [0.15, 0.2) is 0 Å². The van der Waals surface area contributed by atoms with Crippen molar-refractivity contribution in [2.24, 2.45) is 0 Å². The van der Waals surface area contributed by atoms with Crippen molar-refractivity contribution in [1.82, 2.24) is 9.88 Å². The van der Waals surface area contributed by atoms with Crippen molar-refractivity contribution in [3.63, 3.8) is 0 Å². The van der Waals surface area contributed by atoms with Crippen LogP contribution < -0.4 is 5.63 Å². The second kappa shape index (κ2) is 6.75. The van der Waals surface area contributed by atoms with E-state index in [1.165, 1.54) is 0 Å². The molecule has 0 amide bonds. The molecule has 0 saturated heterocycles. The first-order valence-corrected chi connectivity index (χ1v) is 8.14. The van der Waals surface area contributed by atoms with Gasteiger partial charge in [-0.2, -0.15) is 0 Å². The normalized spacial score (nSPS) is 11.4. The van der Waals surface area contributed by atoms with Gasteiger partial charge in [-0.15, -0.1) is 0 Å². The van der Waals surface area contributed by atoms with Gasteiger partial charge in [0.1, 0.15) is 10.7 Å². The van der Waals surface area contributed by atoms with Crippen LogP contribution in [-0.4, -0.2) is 16.9 Å². The Hall–Kier alpha value is -2.17. The van der Waals surface area contributed by atoms with E-state index in [1.807, 2.05) is 39.1 Å². The lowest BCUT2D eigenvalue weighted by Gasteiger charge is -2.18. The Bertz CT molecular complexity index is 950. The average molecular weight is 343 g/mol. The second-order valence-corrected chi connectivity index (χ2v) is 6.53. The molecular weight excluding hydrogens is 324 g/mol. The molecule has 0 N–H and O–H groups in total. The summed E-state index contributed by atoms with van der Waals surface area (Å²) in [5.74, 6) is 0. The largest absolute Gasteiger partial charge is 0.422 e. The lowest BCUT2D eigenvalue weighted by Crippen LogP contribution is -2.19. The minimum Gasteiger partial charge on any atom is -0.422 e. The van der Waals surface area contributed by atoms with Gasteiger partial charge >= 0.3 is 5.63 Å². The van der Waals surface area contributed by atoms with Crippen LogP contribution >= 0.6 is 11.6 Å². The Kier molecular flexibility index (Phi) is 4.69. The maximum atomic E-state index is 11.9. The number of aryl methyl sites for hydroxylation is 2. The third-order valence-electron chi connectivity index (χ3n) is 3.98. The summed E-state index contributed by atoms with van der Waals surface area (Å²) in [4.78, 5) is 18.1. The smallest absolute Gasteiger partial charge is 0.336 e. The zero-order valence-electron chi connectivity index (χ0n) is 14.0. The number of hydrogen-bond donors (Lipinski definition) is 0. The second-order valence-electron chi connectivity index (χ2n) is 6.17. The van der Waals surface area contributed by atoms with Crippen LogP contribution in [0.1, 0.15) is 22.3 Å². The van der Waals surface area contributed by atoms with Gasteiger partial charge in [-0.25, -0.2) is 9.78 Å². The van der Waals surface area contributed by atoms with E-state index in [-0.39, 0.29) is 5.63 Å². The van der Waals surface area contributed by atoms with Gasteiger partial charge in [0, 0.05) is 36.3 Å². The maximum absolute atomic E-state index is 11.9. The highest BCUT2D eigenvalue weighted by Crippen LogP contribution is 2.24. The van der Waals surface area contributed by atoms with Gasteiger partial charge in [0.2, 0.25) is 0 Å². The summed E-state index contributed by atoms with van der Waals surface area (Å²) in [6.45, 7) is 5.27. The molecule has 3 rings (SSSR count). The fourth-order valence-electron chi connectivity index (χ4n) is 2.98. The Morgan fingerprint density at radius 3 is 2.67 bits per heavy atom. The van der Waals surface area contributed by atoms with Crippen molar-refractivity contribution < 1.29 is 4.42 Å². The van der Waals surface area contributed by atoms with Crippen LogP contribution in [-0.2, 0) is 13.1 Å². The molecule has 1 aromatic carbocycles. The average Bonchev–Trinajstić information content (AvgIpc) is 2.51. The molecule has 0 fully saturated rings. The first kappa shape index (κ1) is 16.7. The molecule has 0 aliphatic rings. The summed E-state index contributed by atoms with van der Waals surface area (Å²) in [7, 11) is 1.99. The summed E-state index contributed by atoms with van der Waals surface area (Å²) in [5, 5.41) is 1.49. The molecule has 5 heteroatoms. The molecule has 0 saturated carbocycles. The van der Waals surface area contributed by atoms with E-state index in [0.717, 1.165) is 27.6 Å². The summed E-state index contributed by atoms with van der Waals surface area (Å²) in [6.07, 6.45) is 1.67. The molecule has 24 heavy (non-hydrogen) atoms. The van der Waals surface area contributed by atoms with Gasteiger partial charge in [0.25, 0.3) is 0 Å². The molecule has 0 radical (unpaired) electrons. The SMILES string of the molecule is Cc1cc(C)c2oc(=O)cc(CN(C)Cc3cccnc3Cl)c2c1. The topological polar surface area (TPSA) is 46.3 Å². The van der Waals surface area contributed by atoms with Crippen LogP contribution in [0.25, 0.3) is 11.0 Å². The van der Waals surface area contributed by atoms with Crippen molar-refractivity contribution in [3.05, 3.63) is 74.4 Å². The van der Waals surface area contributed by atoms with E-state index in [4.69, 9.17) is 16.0 Å². The van der Waals surface area contributed by atoms with Crippen molar-refractivity contribution in [2.45, 2.75) is 26.9 Å². The van der Waals surface area contributed by atoms with Crippen LogP contribution in [0.15, 0.2) is 45.7 Å². The Morgan fingerprint density at radius 2 is 1.92 bits per heavy atom. The lowest BCUT2D eigenvalue weighted by atomic mass is 10.0. The fourth-order valence-corrected chi connectivity index (χ4v) is 3.16. The highest BCUT2D eigenvalue weighted by Gasteiger charge is 2.12. The standard InChI is InChI=1S/C19H19ClN2O2/c1-12-7-13(2)18-16(8-12)15(9-17(23)24-18)11-22(3)10-14-5-4-6-21-19(14)20/h4-9H,10-11H2,1-3H3. The third kappa shape index (κ3) is 3.50. The minimum atomic E-state index is -0.322. The number of nitrogens with zero attached hydrogens (tertiary/aromatic N) is 2. The molecule has 3 aromatic rings. The fraction of sp³-hybridized carbons (Fsp3) is 0.263.